The molecule has 0 spiro atoms. The fourth-order valence-electron chi connectivity index (χ4n) is 3.85. The van der Waals surface area contributed by atoms with E-state index in [-0.39, 0.29) is 5.91 Å². The van der Waals surface area contributed by atoms with Crippen LogP contribution in [0.4, 0.5) is 0 Å². The first kappa shape index (κ1) is 16.0. The molecule has 1 amide bonds. The van der Waals surface area contributed by atoms with Crippen molar-refractivity contribution in [1.29, 1.82) is 5.26 Å². The molecule has 0 saturated carbocycles. The molecule has 2 aliphatic rings. The molecule has 0 N–H and O–H groups in total. The minimum absolute atomic E-state index is 0.0136. The summed E-state index contributed by atoms with van der Waals surface area (Å²) in [7, 11) is 0. The Balaban J connectivity index is 1.85. The number of morpholine rings is 1. The Kier molecular flexibility index (Phi) is 4.14. The van der Waals surface area contributed by atoms with Crippen molar-refractivity contribution in [3.63, 3.8) is 0 Å². The molecule has 1 aliphatic carbocycles. The number of hydrogen-bond donors (Lipinski definition) is 0. The summed E-state index contributed by atoms with van der Waals surface area (Å²) in [5.41, 5.74) is 4.98. The first-order valence-corrected chi connectivity index (χ1v) is 8.90. The molecule has 25 heavy (non-hydrogen) atoms. The summed E-state index contributed by atoms with van der Waals surface area (Å²) in [6.45, 7) is 3.31. The smallest absolute Gasteiger partial charge is 0.255 e. The first-order chi connectivity index (χ1) is 12.2. The van der Waals surface area contributed by atoms with Crippen LogP contribution in [0.25, 0.3) is 10.9 Å². The Bertz CT molecular complexity index is 885. The molecule has 128 valence electrons. The van der Waals surface area contributed by atoms with Gasteiger partial charge < -0.3 is 9.64 Å². The van der Waals surface area contributed by atoms with Crippen LogP contribution < -0.4 is 0 Å². The first-order valence-electron chi connectivity index (χ1n) is 8.90. The summed E-state index contributed by atoms with van der Waals surface area (Å²) in [5.74, 6) is 0.0136. The van der Waals surface area contributed by atoms with Gasteiger partial charge in [-0.05, 0) is 50.3 Å². The minimum Gasteiger partial charge on any atom is -0.360 e. The molecule has 1 aliphatic heterocycles. The van der Waals surface area contributed by atoms with E-state index in [1.54, 1.807) is 4.90 Å². The molecule has 0 bridgehead atoms. The normalized spacial score (nSPS) is 20.2. The van der Waals surface area contributed by atoms with Crippen LogP contribution in [0.5, 0.6) is 0 Å². The third-order valence-electron chi connectivity index (χ3n) is 5.13. The maximum Gasteiger partial charge on any atom is 0.255 e. The van der Waals surface area contributed by atoms with Gasteiger partial charge in [0.05, 0.1) is 30.3 Å². The standard InChI is InChI=1S/C20H21N3O2/c1-13-6-7-18-16(10-13)19(15-4-2-3-5-17(15)22-18)20(24)23-8-9-25-14(11-21)12-23/h6-7,10,14H,2-5,8-9,12H2,1H3/t14-/m0/s1. The molecule has 0 unspecified atom stereocenters. The van der Waals surface area contributed by atoms with E-state index in [0.717, 1.165) is 59.0 Å². The van der Waals surface area contributed by atoms with Crippen LogP contribution in [-0.2, 0) is 17.6 Å². The van der Waals surface area contributed by atoms with Crippen LogP contribution in [0.15, 0.2) is 18.2 Å². The molecule has 5 nitrogen and oxygen atoms in total. The number of nitrogens with zero attached hydrogens (tertiary/aromatic N) is 3. The number of amides is 1. The monoisotopic (exact) mass is 335 g/mol. The van der Waals surface area contributed by atoms with Crippen molar-refractivity contribution in [3.05, 3.63) is 40.6 Å². The molecule has 2 heterocycles. The van der Waals surface area contributed by atoms with E-state index in [4.69, 9.17) is 15.0 Å². The molecule has 4 rings (SSSR count). The van der Waals surface area contributed by atoms with Gasteiger partial charge in [-0.2, -0.15) is 5.26 Å². The van der Waals surface area contributed by atoms with Gasteiger partial charge in [-0.3, -0.25) is 9.78 Å². The average Bonchev–Trinajstić information content (AvgIpc) is 2.65. The quantitative estimate of drug-likeness (QED) is 0.804. The Morgan fingerprint density at radius 1 is 1.36 bits per heavy atom. The van der Waals surface area contributed by atoms with Gasteiger partial charge in [-0.25, -0.2) is 0 Å². The van der Waals surface area contributed by atoms with E-state index in [1.807, 2.05) is 19.1 Å². The summed E-state index contributed by atoms with van der Waals surface area (Å²) in [6.07, 6.45) is 3.51. The van der Waals surface area contributed by atoms with Gasteiger partial charge in [-0.15, -0.1) is 0 Å². The summed E-state index contributed by atoms with van der Waals surface area (Å²) in [6, 6.07) is 8.23. The van der Waals surface area contributed by atoms with Gasteiger partial charge in [0, 0.05) is 17.6 Å². The Morgan fingerprint density at radius 3 is 3.04 bits per heavy atom. The number of carbonyl (C=O) groups is 1. The molecule has 1 atom stereocenters. The summed E-state index contributed by atoms with van der Waals surface area (Å²) in [4.78, 5) is 20.0. The van der Waals surface area contributed by atoms with Gasteiger partial charge in [0.1, 0.15) is 0 Å². The Labute approximate surface area is 147 Å². The summed E-state index contributed by atoms with van der Waals surface area (Å²) < 4.78 is 5.40. The van der Waals surface area contributed by atoms with E-state index in [0.29, 0.717) is 19.7 Å². The molecule has 2 aromatic rings. The Hall–Kier alpha value is -2.45. The second kappa shape index (κ2) is 6.45. The van der Waals surface area contributed by atoms with Crippen molar-refractivity contribution in [1.82, 2.24) is 9.88 Å². The van der Waals surface area contributed by atoms with Crippen molar-refractivity contribution in [2.45, 2.75) is 38.7 Å². The zero-order valence-corrected chi connectivity index (χ0v) is 14.4. The molecule has 1 saturated heterocycles. The number of benzene rings is 1. The zero-order chi connectivity index (χ0) is 17.4. The van der Waals surface area contributed by atoms with Crippen LogP contribution in [0.2, 0.25) is 0 Å². The minimum atomic E-state index is -0.539. The van der Waals surface area contributed by atoms with Crippen LogP contribution in [-0.4, -0.2) is 41.6 Å². The maximum atomic E-state index is 13.4. The lowest BCUT2D eigenvalue weighted by Gasteiger charge is -2.31. The van der Waals surface area contributed by atoms with E-state index >= 15 is 0 Å². The van der Waals surface area contributed by atoms with Gasteiger partial charge >= 0.3 is 0 Å². The van der Waals surface area contributed by atoms with Crippen LogP contribution in [0, 0.1) is 18.3 Å². The molecule has 1 aromatic heterocycles. The highest BCUT2D eigenvalue weighted by molar-refractivity contribution is 6.08. The van der Waals surface area contributed by atoms with Crippen LogP contribution in [0.1, 0.15) is 40.0 Å². The number of pyridine rings is 1. The van der Waals surface area contributed by atoms with Crippen LogP contribution in [0.3, 0.4) is 0 Å². The second-order valence-corrected chi connectivity index (χ2v) is 6.88. The highest BCUT2D eigenvalue weighted by Crippen LogP contribution is 2.31. The average molecular weight is 335 g/mol. The SMILES string of the molecule is Cc1ccc2nc3c(c(C(=O)N4CCO[C@@H](C#N)C4)c2c1)CCCC3. The molecule has 0 radical (unpaired) electrons. The number of carbonyl (C=O) groups excluding carboxylic acids is 1. The van der Waals surface area contributed by atoms with Crippen molar-refractivity contribution in [2.75, 3.05) is 19.7 Å². The van der Waals surface area contributed by atoms with Crippen molar-refractivity contribution >= 4 is 16.8 Å². The molecular formula is C20H21N3O2. The maximum absolute atomic E-state index is 13.4. The number of hydrogen-bond acceptors (Lipinski definition) is 4. The largest absolute Gasteiger partial charge is 0.360 e. The van der Waals surface area contributed by atoms with Gasteiger partial charge in [0.15, 0.2) is 6.10 Å². The fraction of sp³-hybridized carbons (Fsp3) is 0.450. The fourth-order valence-corrected chi connectivity index (χ4v) is 3.85. The van der Waals surface area contributed by atoms with E-state index in [9.17, 15) is 4.79 Å². The lowest BCUT2D eigenvalue weighted by Crippen LogP contribution is -2.45. The number of rotatable bonds is 1. The predicted octanol–water partition coefficient (Wildman–Crippen LogP) is 2.79. The molecule has 5 heteroatoms. The number of aromatic nitrogens is 1. The summed E-state index contributed by atoms with van der Waals surface area (Å²) in [5, 5.41) is 10.1. The number of aryl methyl sites for hydroxylation is 2. The highest BCUT2D eigenvalue weighted by Gasteiger charge is 2.29. The van der Waals surface area contributed by atoms with Crippen LogP contribution >= 0.6 is 0 Å². The van der Waals surface area contributed by atoms with Gasteiger partial charge in [-0.1, -0.05) is 11.6 Å². The molecule has 1 fully saturated rings. The molecular weight excluding hydrogens is 314 g/mol. The second-order valence-electron chi connectivity index (χ2n) is 6.88. The van der Waals surface area contributed by atoms with E-state index in [1.165, 1.54) is 0 Å². The topological polar surface area (TPSA) is 66.2 Å². The summed E-state index contributed by atoms with van der Waals surface area (Å²) >= 11 is 0. The lowest BCUT2D eigenvalue weighted by atomic mass is 9.89. The predicted molar refractivity (Wildman–Crippen MR) is 94.4 cm³/mol. The van der Waals surface area contributed by atoms with E-state index < -0.39 is 6.10 Å². The number of nitriles is 1. The van der Waals surface area contributed by atoms with Crippen molar-refractivity contribution in [3.8, 4) is 6.07 Å². The molecule has 1 aromatic carbocycles. The third-order valence-corrected chi connectivity index (χ3v) is 5.13. The zero-order valence-electron chi connectivity index (χ0n) is 14.4. The number of fused-ring (bicyclic) bond motifs is 2. The van der Waals surface area contributed by atoms with Crippen molar-refractivity contribution in [2.24, 2.45) is 0 Å². The van der Waals surface area contributed by atoms with Crippen molar-refractivity contribution < 1.29 is 9.53 Å². The third kappa shape index (κ3) is 2.87. The Morgan fingerprint density at radius 2 is 2.20 bits per heavy atom. The highest BCUT2D eigenvalue weighted by atomic mass is 16.5. The van der Waals surface area contributed by atoms with E-state index in [2.05, 4.69) is 12.1 Å². The van der Waals surface area contributed by atoms with Gasteiger partial charge in [0.2, 0.25) is 0 Å². The lowest BCUT2D eigenvalue weighted by molar-refractivity contribution is 0.00349. The van der Waals surface area contributed by atoms with Gasteiger partial charge in [0.25, 0.3) is 5.91 Å². The number of ether oxygens (including phenoxy) is 1.